The second-order valence-corrected chi connectivity index (χ2v) is 20.5. The molecule has 336 valence electrons. The highest BCUT2D eigenvalue weighted by atomic mass is 35.5. The standard InChI is InChI=1S/C47H50Cl2FN7O6S/c48-34-3-1-31(2-4-34)40-24-46(10-11-46)9-7-33(40)27-55-17-19-57(20-18-55)35-5-6-39(42(22-35)63-37-21-32-8-14-51-43(32)52-25-37)44(58)54-64(59,60)38-23-41(49)45(53-26-38)62-30-47(50)12-15-56(16-13-47)36-28-61-29-36/h1-6,8,14,21-23,25-26,36H,7,9-13,15-20,24,27-30H2,(H,51,52)(H,54,58). The van der Waals surface area contributed by atoms with Crippen molar-refractivity contribution in [3.05, 3.63) is 106 Å². The molecule has 3 saturated heterocycles. The Morgan fingerprint density at radius 2 is 1.70 bits per heavy atom. The fourth-order valence-corrected chi connectivity index (χ4v) is 10.7. The van der Waals surface area contributed by atoms with E-state index in [1.54, 1.807) is 30.6 Å². The number of alkyl halides is 1. The monoisotopic (exact) mass is 929 g/mol. The van der Waals surface area contributed by atoms with Gasteiger partial charge in [0.1, 0.15) is 39.3 Å². The Bertz CT molecular complexity index is 2690. The Morgan fingerprint density at radius 1 is 0.922 bits per heavy atom. The molecule has 2 aliphatic carbocycles. The van der Waals surface area contributed by atoms with E-state index in [1.165, 1.54) is 36.0 Å². The van der Waals surface area contributed by atoms with Crippen molar-refractivity contribution in [2.45, 2.75) is 61.6 Å². The molecule has 1 amide bonds. The summed E-state index contributed by atoms with van der Waals surface area (Å²) in [5.41, 5.74) is 4.67. The van der Waals surface area contributed by atoms with Crippen molar-refractivity contribution in [1.82, 2.24) is 29.5 Å². The summed E-state index contributed by atoms with van der Waals surface area (Å²) in [6.07, 6.45) is 11.0. The predicted molar refractivity (Wildman–Crippen MR) is 244 cm³/mol. The zero-order chi connectivity index (χ0) is 44.1. The molecular formula is C47H50Cl2FN7O6S. The van der Waals surface area contributed by atoms with Gasteiger partial charge in [-0.2, -0.15) is 0 Å². The molecular weight excluding hydrogens is 881 g/mol. The van der Waals surface area contributed by atoms with Crippen LogP contribution >= 0.6 is 23.2 Å². The average molecular weight is 931 g/mol. The Hall–Kier alpha value is -4.77. The number of ether oxygens (including phenoxy) is 3. The number of aromatic amines is 1. The van der Waals surface area contributed by atoms with Crippen LogP contribution in [0.2, 0.25) is 10.0 Å². The molecule has 0 unspecified atom stereocenters. The van der Waals surface area contributed by atoms with Crippen molar-refractivity contribution in [2.75, 3.05) is 70.5 Å². The third-order valence-corrected chi connectivity index (χ3v) is 15.5. The van der Waals surface area contributed by atoms with E-state index in [1.807, 2.05) is 24.3 Å². The minimum atomic E-state index is -4.48. The maximum Gasteiger partial charge on any atom is 0.268 e. The molecule has 17 heteroatoms. The van der Waals surface area contributed by atoms with Gasteiger partial charge in [0.15, 0.2) is 0 Å². The lowest BCUT2D eigenvalue weighted by atomic mass is 9.78. The number of nitrogens with one attached hydrogen (secondary N) is 2. The van der Waals surface area contributed by atoms with Crippen molar-refractivity contribution in [2.24, 2.45) is 5.41 Å². The van der Waals surface area contributed by atoms with Crippen molar-refractivity contribution in [3.8, 4) is 17.4 Å². The zero-order valence-electron chi connectivity index (χ0n) is 35.3. The lowest BCUT2D eigenvalue weighted by Gasteiger charge is -2.43. The second kappa shape index (κ2) is 17.6. The molecule has 4 fully saturated rings. The van der Waals surface area contributed by atoms with Crippen LogP contribution in [0.25, 0.3) is 16.6 Å². The molecule has 6 heterocycles. The number of amides is 1. The summed E-state index contributed by atoms with van der Waals surface area (Å²) in [7, 11) is -4.48. The first-order chi connectivity index (χ1) is 30.9. The summed E-state index contributed by atoms with van der Waals surface area (Å²) in [6.45, 7) is 6.34. The quantitative estimate of drug-likeness (QED) is 0.118. The number of piperazine rings is 1. The number of pyridine rings is 2. The van der Waals surface area contributed by atoms with E-state index in [0.717, 1.165) is 73.9 Å². The minimum Gasteiger partial charge on any atom is -0.473 e. The van der Waals surface area contributed by atoms with Crippen LogP contribution in [0.3, 0.4) is 0 Å². The summed E-state index contributed by atoms with van der Waals surface area (Å²) < 4.78 is 62.4. The third-order valence-electron chi connectivity index (χ3n) is 13.7. The van der Waals surface area contributed by atoms with E-state index >= 15 is 4.39 Å². The summed E-state index contributed by atoms with van der Waals surface area (Å²) in [4.78, 5) is 32.2. The molecule has 5 aromatic rings. The number of halogens is 3. The highest BCUT2D eigenvalue weighted by Crippen LogP contribution is 2.59. The van der Waals surface area contributed by atoms with Crippen LogP contribution in [-0.4, -0.2) is 116 Å². The van der Waals surface area contributed by atoms with Gasteiger partial charge in [-0.1, -0.05) is 40.9 Å². The number of benzene rings is 2. The molecule has 1 spiro atoms. The first kappa shape index (κ1) is 43.1. The largest absolute Gasteiger partial charge is 0.473 e. The zero-order valence-corrected chi connectivity index (χ0v) is 37.7. The molecule has 1 saturated carbocycles. The first-order valence-electron chi connectivity index (χ1n) is 22.0. The number of likely N-dealkylation sites (tertiary alicyclic amines) is 1. The van der Waals surface area contributed by atoms with Gasteiger partial charge in [0, 0.05) is 74.2 Å². The normalized spacial score (nSPS) is 20.3. The van der Waals surface area contributed by atoms with Crippen molar-refractivity contribution in [1.29, 1.82) is 0 Å². The lowest BCUT2D eigenvalue weighted by molar-refractivity contribution is -0.0892. The van der Waals surface area contributed by atoms with E-state index in [-0.39, 0.29) is 46.6 Å². The average Bonchev–Trinajstić information content (AvgIpc) is 3.86. The molecule has 0 atom stereocenters. The SMILES string of the molecule is O=C(NS(=O)(=O)c1cnc(OCC2(F)CCN(C3COC3)CC2)c(Cl)c1)c1ccc(N2CCN(CC3=C(c4ccc(Cl)cc4)CC4(CC3)CC4)CC2)cc1Oc1cnc2[nH]ccc2c1. The van der Waals surface area contributed by atoms with Crippen LogP contribution in [-0.2, 0) is 14.8 Å². The van der Waals surface area contributed by atoms with Crippen LogP contribution < -0.4 is 19.1 Å². The topological polar surface area (TPSA) is 142 Å². The molecule has 0 radical (unpaired) electrons. The van der Waals surface area contributed by atoms with Crippen LogP contribution in [0.15, 0.2) is 89.7 Å². The van der Waals surface area contributed by atoms with Gasteiger partial charge in [-0.15, -0.1) is 0 Å². The smallest absolute Gasteiger partial charge is 0.268 e. The minimum absolute atomic E-state index is 0.00402. The van der Waals surface area contributed by atoms with Crippen LogP contribution in [0.4, 0.5) is 10.1 Å². The molecule has 3 aromatic heterocycles. The number of anilines is 1. The second-order valence-electron chi connectivity index (χ2n) is 18.0. The van der Waals surface area contributed by atoms with Gasteiger partial charge in [-0.3, -0.25) is 14.6 Å². The highest BCUT2D eigenvalue weighted by molar-refractivity contribution is 7.90. The number of H-pyrrole nitrogens is 1. The number of hydrogen-bond acceptors (Lipinski definition) is 11. The number of fused-ring (bicyclic) bond motifs is 1. The van der Waals surface area contributed by atoms with Crippen molar-refractivity contribution >= 4 is 61.4 Å². The van der Waals surface area contributed by atoms with E-state index in [9.17, 15) is 13.2 Å². The molecule has 3 aliphatic heterocycles. The Morgan fingerprint density at radius 3 is 2.42 bits per heavy atom. The molecule has 64 heavy (non-hydrogen) atoms. The fraction of sp³-hybridized carbons (Fsp3) is 0.426. The number of piperidine rings is 1. The number of rotatable bonds is 13. The molecule has 5 aliphatic rings. The van der Waals surface area contributed by atoms with E-state index in [2.05, 4.69) is 46.5 Å². The van der Waals surface area contributed by atoms with Gasteiger partial charge in [0.25, 0.3) is 15.9 Å². The summed E-state index contributed by atoms with van der Waals surface area (Å²) in [5, 5.41) is 1.42. The molecule has 2 N–H and O–H groups in total. The molecule has 0 bridgehead atoms. The number of allylic oxidation sites excluding steroid dienone is 1. The number of aromatic nitrogens is 3. The number of sulfonamides is 1. The number of carbonyl (C=O) groups excluding carboxylic acids is 1. The number of hydrogen-bond donors (Lipinski definition) is 2. The van der Waals surface area contributed by atoms with Gasteiger partial charge < -0.3 is 24.1 Å². The maximum absolute atomic E-state index is 15.6. The highest BCUT2D eigenvalue weighted by Gasteiger charge is 2.45. The van der Waals surface area contributed by atoms with Gasteiger partial charge in [-0.25, -0.2) is 27.5 Å². The van der Waals surface area contributed by atoms with Gasteiger partial charge in [0.2, 0.25) is 5.88 Å². The molecule has 2 aromatic carbocycles. The maximum atomic E-state index is 15.6. The lowest BCUT2D eigenvalue weighted by Crippen LogP contribution is -2.55. The summed E-state index contributed by atoms with van der Waals surface area (Å²) in [6, 6.07) is 18.6. The van der Waals surface area contributed by atoms with Gasteiger partial charge in [-0.05, 0) is 104 Å². The summed E-state index contributed by atoms with van der Waals surface area (Å²) >= 11 is 12.7. The van der Waals surface area contributed by atoms with Crippen molar-refractivity contribution < 1.29 is 31.8 Å². The van der Waals surface area contributed by atoms with E-state index in [4.69, 9.17) is 37.4 Å². The van der Waals surface area contributed by atoms with E-state index < -0.39 is 21.6 Å². The number of carbonyl (C=O) groups is 1. The third kappa shape index (κ3) is 9.33. The molecule has 13 nitrogen and oxygen atoms in total. The van der Waals surface area contributed by atoms with Gasteiger partial charge in [0.05, 0.1) is 37.2 Å². The van der Waals surface area contributed by atoms with Crippen LogP contribution in [0.5, 0.6) is 17.4 Å². The summed E-state index contributed by atoms with van der Waals surface area (Å²) in [5.74, 6) is -0.483. The Kier molecular flexibility index (Phi) is 11.8. The first-order valence-corrected chi connectivity index (χ1v) is 24.2. The number of nitrogens with zero attached hydrogens (tertiary/aromatic N) is 5. The van der Waals surface area contributed by atoms with Gasteiger partial charge >= 0.3 is 0 Å². The fourth-order valence-electron chi connectivity index (χ4n) is 9.37. The van der Waals surface area contributed by atoms with Crippen molar-refractivity contribution in [3.63, 3.8) is 0 Å². The van der Waals surface area contributed by atoms with Crippen LogP contribution in [0.1, 0.15) is 60.9 Å². The Labute approximate surface area is 381 Å². The van der Waals surface area contributed by atoms with E-state index in [0.29, 0.717) is 49.2 Å². The van der Waals surface area contributed by atoms with Crippen LogP contribution in [0, 0.1) is 5.41 Å². The predicted octanol–water partition coefficient (Wildman–Crippen LogP) is 8.30. The Balaban J connectivity index is 0.825. The molecule has 10 rings (SSSR count).